The molecule has 26 heavy (non-hydrogen) atoms. The van der Waals surface area contributed by atoms with E-state index in [9.17, 15) is 5.11 Å². The first-order valence-corrected chi connectivity index (χ1v) is 9.98. The maximum atomic E-state index is 11.3. The molecular weight excluding hydrogens is 328 g/mol. The van der Waals surface area contributed by atoms with Crippen LogP contribution in [0.1, 0.15) is 68.8 Å². The standard InChI is InChI=1S/C19H26N6O/c26-19(14-4-3-9-20-12-14)10-16-7-8-17(11-19)24(16)13-18-21-22-23-25(18)15-5-1-2-6-15/h3-4,9,12,15-17,26H,1-2,5-8,10-11,13H2/p+1/t16-,17+,19?. The summed E-state index contributed by atoms with van der Waals surface area (Å²) in [5.41, 5.74) is 0.229. The molecule has 7 heteroatoms. The number of aliphatic hydroxyl groups is 1. The van der Waals surface area contributed by atoms with E-state index in [0.717, 1.165) is 30.8 Å². The summed E-state index contributed by atoms with van der Waals surface area (Å²) in [6, 6.07) is 5.34. The van der Waals surface area contributed by atoms with Gasteiger partial charge in [0.1, 0.15) is 12.1 Å². The monoisotopic (exact) mass is 355 g/mol. The fourth-order valence-corrected chi connectivity index (χ4v) is 5.58. The number of hydrogen-bond donors (Lipinski definition) is 2. The van der Waals surface area contributed by atoms with Crippen molar-refractivity contribution in [1.82, 2.24) is 25.2 Å². The molecule has 0 spiro atoms. The van der Waals surface area contributed by atoms with Gasteiger partial charge >= 0.3 is 0 Å². The predicted octanol–water partition coefficient (Wildman–Crippen LogP) is 0.781. The molecule has 5 rings (SSSR count). The average Bonchev–Trinajstić information content (AvgIpc) is 3.38. The van der Waals surface area contributed by atoms with Crippen molar-refractivity contribution in [3.63, 3.8) is 0 Å². The Morgan fingerprint density at radius 1 is 1.15 bits per heavy atom. The van der Waals surface area contributed by atoms with E-state index in [1.54, 1.807) is 11.1 Å². The summed E-state index contributed by atoms with van der Waals surface area (Å²) in [6.07, 6.45) is 12.5. The van der Waals surface area contributed by atoms with Crippen molar-refractivity contribution >= 4 is 0 Å². The molecule has 1 aliphatic carbocycles. The zero-order valence-electron chi connectivity index (χ0n) is 15.1. The van der Waals surface area contributed by atoms with E-state index in [0.29, 0.717) is 18.1 Å². The summed E-state index contributed by atoms with van der Waals surface area (Å²) >= 11 is 0. The van der Waals surface area contributed by atoms with Gasteiger partial charge in [-0.2, -0.15) is 0 Å². The van der Waals surface area contributed by atoms with Crippen LogP contribution in [0.15, 0.2) is 24.5 Å². The van der Waals surface area contributed by atoms with E-state index < -0.39 is 5.60 Å². The molecule has 2 bridgehead atoms. The van der Waals surface area contributed by atoms with Gasteiger partial charge < -0.3 is 10.0 Å². The van der Waals surface area contributed by atoms with Crippen LogP contribution in [-0.4, -0.2) is 42.4 Å². The van der Waals surface area contributed by atoms with Crippen LogP contribution in [0.3, 0.4) is 0 Å². The van der Waals surface area contributed by atoms with Gasteiger partial charge in [-0.05, 0) is 29.3 Å². The Kier molecular flexibility index (Phi) is 4.01. The van der Waals surface area contributed by atoms with Gasteiger partial charge in [-0.1, -0.05) is 18.9 Å². The van der Waals surface area contributed by atoms with E-state index >= 15 is 0 Å². The van der Waals surface area contributed by atoms with Crippen molar-refractivity contribution in [1.29, 1.82) is 0 Å². The lowest BCUT2D eigenvalue weighted by Gasteiger charge is -2.41. The number of nitrogens with zero attached hydrogens (tertiary/aromatic N) is 5. The Morgan fingerprint density at radius 2 is 1.92 bits per heavy atom. The zero-order valence-corrected chi connectivity index (χ0v) is 15.1. The largest absolute Gasteiger partial charge is 0.385 e. The third-order valence-electron chi connectivity index (χ3n) is 6.87. The van der Waals surface area contributed by atoms with E-state index in [-0.39, 0.29) is 0 Å². The van der Waals surface area contributed by atoms with Crippen LogP contribution >= 0.6 is 0 Å². The lowest BCUT2D eigenvalue weighted by Crippen LogP contribution is -3.17. The second-order valence-electron chi connectivity index (χ2n) is 8.38. The molecule has 2 aromatic rings. The fourth-order valence-electron chi connectivity index (χ4n) is 5.58. The summed E-state index contributed by atoms with van der Waals surface area (Å²) in [7, 11) is 0. The van der Waals surface area contributed by atoms with Crippen molar-refractivity contribution in [2.45, 2.75) is 81.6 Å². The molecule has 0 aromatic carbocycles. The molecule has 3 fully saturated rings. The van der Waals surface area contributed by atoms with Crippen LogP contribution in [0, 0.1) is 0 Å². The average molecular weight is 355 g/mol. The molecule has 1 saturated carbocycles. The molecule has 2 unspecified atom stereocenters. The Balaban J connectivity index is 1.35. The highest BCUT2D eigenvalue weighted by Crippen LogP contribution is 2.38. The first kappa shape index (κ1) is 16.3. The van der Waals surface area contributed by atoms with Gasteiger partial charge in [-0.15, -0.1) is 5.10 Å². The first-order valence-electron chi connectivity index (χ1n) is 9.98. The molecule has 4 heterocycles. The van der Waals surface area contributed by atoms with Crippen molar-refractivity contribution in [3.05, 3.63) is 35.9 Å². The van der Waals surface area contributed by atoms with E-state index in [2.05, 4.69) is 25.2 Å². The van der Waals surface area contributed by atoms with Gasteiger partial charge in [-0.3, -0.25) is 4.98 Å². The number of rotatable bonds is 4. The first-order chi connectivity index (χ1) is 12.7. The quantitative estimate of drug-likeness (QED) is 0.847. The van der Waals surface area contributed by atoms with Crippen LogP contribution in [-0.2, 0) is 12.1 Å². The minimum atomic E-state index is -0.735. The predicted molar refractivity (Wildman–Crippen MR) is 94.2 cm³/mol. The highest BCUT2D eigenvalue weighted by molar-refractivity contribution is 5.20. The summed E-state index contributed by atoms with van der Waals surface area (Å²) in [6.45, 7) is 0.877. The number of aromatic nitrogens is 5. The van der Waals surface area contributed by atoms with E-state index in [1.165, 1.54) is 38.5 Å². The Bertz CT molecular complexity index is 742. The summed E-state index contributed by atoms with van der Waals surface area (Å²) in [5, 5.41) is 23.9. The highest BCUT2D eigenvalue weighted by atomic mass is 16.3. The lowest BCUT2D eigenvalue weighted by molar-refractivity contribution is -0.958. The maximum Gasteiger partial charge on any atom is 0.206 e. The van der Waals surface area contributed by atoms with Crippen LogP contribution < -0.4 is 4.90 Å². The third kappa shape index (κ3) is 2.74. The van der Waals surface area contributed by atoms with Crippen molar-refractivity contribution < 1.29 is 10.0 Å². The summed E-state index contributed by atoms with van der Waals surface area (Å²) in [4.78, 5) is 5.78. The molecule has 0 amide bonds. The van der Waals surface area contributed by atoms with E-state index in [1.807, 2.05) is 18.3 Å². The minimum absolute atomic E-state index is 0.465. The zero-order chi connectivity index (χ0) is 17.6. The molecule has 138 valence electrons. The van der Waals surface area contributed by atoms with Crippen molar-refractivity contribution in [3.8, 4) is 0 Å². The summed E-state index contributed by atoms with van der Waals surface area (Å²) < 4.78 is 2.08. The molecule has 3 aliphatic rings. The normalized spacial score (nSPS) is 34.4. The molecule has 2 N–H and O–H groups in total. The number of fused-ring (bicyclic) bond motifs is 2. The second kappa shape index (κ2) is 6.39. The van der Waals surface area contributed by atoms with E-state index in [4.69, 9.17) is 0 Å². The minimum Gasteiger partial charge on any atom is -0.385 e. The number of pyridine rings is 1. The second-order valence-corrected chi connectivity index (χ2v) is 8.38. The van der Waals surface area contributed by atoms with Gasteiger partial charge in [0, 0.05) is 43.6 Å². The van der Waals surface area contributed by atoms with Crippen molar-refractivity contribution in [2.24, 2.45) is 0 Å². The smallest absolute Gasteiger partial charge is 0.206 e. The Morgan fingerprint density at radius 3 is 2.62 bits per heavy atom. The number of quaternary nitrogens is 1. The maximum absolute atomic E-state index is 11.3. The van der Waals surface area contributed by atoms with Crippen molar-refractivity contribution in [2.75, 3.05) is 0 Å². The van der Waals surface area contributed by atoms with Gasteiger partial charge in [0.05, 0.1) is 18.1 Å². The highest BCUT2D eigenvalue weighted by Gasteiger charge is 2.52. The van der Waals surface area contributed by atoms with Crippen LogP contribution in [0.2, 0.25) is 0 Å². The molecule has 7 nitrogen and oxygen atoms in total. The molecular formula is C19H27N6O+. The lowest BCUT2D eigenvalue weighted by atomic mass is 9.81. The molecule has 0 radical (unpaired) electrons. The molecule has 4 atom stereocenters. The third-order valence-corrected chi connectivity index (χ3v) is 6.87. The topological polar surface area (TPSA) is 81.2 Å². The Hall–Kier alpha value is -1.86. The van der Waals surface area contributed by atoms with Gasteiger partial charge in [0.25, 0.3) is 0 Å². The number of piperidine rings is 1. The molecule has 2 saturated heterocycles. The van der Waals surface area contributed by atoms with Gasteiger partial charge in [0.15, 0.2) is 0 Å². The Labute approximate surface area is 153 Å². The SMILES string of the molecule is OC1(c2cccnc2)C[C@H]2CC[C@@H](C1)[NH+]2Cc1nnnn1C1CCCC1. The number of hydrogen-bond acceptors (Lipinski definition) is 5. The molecule has 2 aliphatic heterocycles. The summed E-state index contributed by atoms with van der Waals surface area (Å²) in [5.74, 6) is 1.02. The van der Waals surface area contributed by atoms with Crippen LogP contribution in [0.25, 0.3) is 0 Å². The molecule has 2 aromatic heterocycles. The van der Waals surface area contributed by atoms with Crippen LogP contribution in [0.4, 0.5) is 0 Å². The fraction of sp³-hybridized carbons (Fsp3) is 0.684. The van der Waals surface area contributed by atoms with Gasteiger partial charge in [0.2, 0.25) is 5.82 Å². The van der Waals surface area contributed by atoms with Crippen LogP contribution in [0.5, 0.6) is 0 Å². The number of tetrazole rings is 1. The number of nitrogens with one attached hydrogen (secondary N) is 1. The van der Waals surface area contributed by atoms with Gasteiger partial charge in [-0.25, -0.2) is 4.68 Å².